The van der Waals surface area contributed by atoms with E-state index in [1.807, 2.05) is 6.92 Å². The highest BCUT2D eigenvalue weighted by molar-refractivity contribution is 5.82. The maximum atomic E-state index is 12.4. The first-order chi connectivity index (χ1) is 9.13. The number of nitrogens with two attached hydrogens (primary N) is 1. The van der Waals surface area contributed by atoms with Gasteiger partial charge in [-0.1, -0.05) is 32.1 Å². The number of amides is 1. The van der Waals surface area contributed by atoms with Gasteiger partial charge >= 0.3 is 0 Å². The molecule has 0 aromatic rings. The van der Waals surface area contributed by atoms with Crippen molar-refractivity contribution in [2.24, 2.45) is 11.7 Å². The Bertz CT molecular complexity index is 357. The molecule has 0 aromatic carbocycles. The van der Waals surface area contributed by atoms with Crippen molar-refractivity contribution in [1.82, 2.24) is 4.90 Å². The quantitative estimate of drug-likeness (QED) is 0.848. The van der Waals surface area contributed by atoms with Gasteiger partial charge in [-0.2, -0.15) is 5.26 Å². The van der Waals surface area contributed by atoms with Crippen LogP contribution in [0.15, 0.2) is 0 Å². The van der Waals surface area contributed by atoms with Crippen molar-refractivity contribution in [3.63, 3.8) is 0 Å². The molecule has 0 radical (unpaired) electrons. The lowest BCUT2D eigenvalue weighted by Gasteiger charge is -2.30. The Balaban J connectivity index is 1.92. The van der Waals surface area contributed by atoms with E-state index in [1.165, 1.54) is 32.1 Å². The van der Waals surface area contributed by atoms with Gasteiger partial charge in [0.2, 0.25) is 5.91 Å². The molecule has 0 aromatic heterocycles. The molecule has 2 fully saturated rings. The third-order valence-electron chi connectivity index (χ3n) is 4.70. The van der Waals surface area contributed by atoms with E-state index in [9.17, 15) is 4.79 Å². The fourth-order valence-electron chi connectivity index (χ4n) is 3.56. The van der Waals surface area contributed by atoms with E-state index in [0.717, 1.165) is 19.3 Å². The molecule has 2 aliphatic rings. The first-order valence-corrected chi connectivity index (χ1v) is 7.61. The van der Waals surface area contributed by atoms with Gasteiger partial charge in [0.15, 0.2) is 0 Å². The van der Waals surface area contributed by atoms with Crippen LogP contribution in [0.5, 0.6) is 0 Å². The van der Waals surface area contributed by atoms with Crippen LogP contribution in [0, 0.1) is 17.2 Å². The maximum absolute atomic E-state index is 12.4. The van der Waals surface area contributed by atoms with Crippen LogP contribution in [0.1, 0.15) is 58.3 Å². The molecule has 0 spiro atoms. The molecular formula is C15H25N3O. The van der Waals surface area contributed by atoms with Crippen LogP contribution in [0.3, 0.4) is 0 Å². The van der Waals surface area contributed by atoms with Crippen molar-refractivity contribution in [2.75, 3.05) is 0 Å². The largest absolute Gasteiger partial charge is 0.323 e. The topological polar surface area (TPSA) is 70.1 Å². The molecule has 1 amide bonds. The molecule has 106 valence electrons. The molecule has 0 bridgehead atoms. The second kappa shape index (κ2) is 6.38. The van der Waals surface area contributed by atoms with E-state index in [2.05, 4.69) is 6.07 Å². The Morgan fingerprint density at radius 2 is 2.00 bits per heavy atom. The van der Waals surface area contributed by atoms with Crippen molar-refractivity contribution in [3.05, 3.63) is 0 Å². The fourth-order valence-corrected chi connectivity index (χ4v) is 3.56. The van der Waals surface area contributed by atoms with Crippen molar-refractivity contribution < 1.29 is 4.79 Å². The molecule has 3 atom stereocenters. The van der Waals surface area contributed by atoms with Crippen LogP contribution in [-0.2, 0) is 4.79 Å². The van der Waals surface area contributed by atoms with Gasteiger partial charge in [0.05, 0.1) is 12.1 Å². The van der Waals surface area contributed by atoms with Crippen LogP contribution in [0.25, 0.3) is 0 Å². The van der Waals surface area contributed by atoms with Crippen molar-refractivity contribution in [3.8, 4) is 6.07 Å². The summed E-state index contributed by atoms with van der Waals surface area (Å²) < 4.78 is 0. The molecule has 1 aliphatic carbocycles. The zero-order valence-electron chi connectivity index (χ0n) is 11.8. The van der Waals surface area contributed by atoms with Gasteiger partial charge in [-0.3, -0.25) is 4.79 Å². The van der Waals surface area contributed by atoms with Gasteiger partial charge in [0, 0.05) is 6.04 Å². The minimum atomic E-state index is -0.417. The average molecular weight is 263 g/mol. The lowest BCUT2D eigenvalue weighted by Crippen LogP contribution is -2.49. The SMILES string of the molecule is CC1CCC(C#N)N1C(=O)[C@@H](N)CC1CCCCC1. The lowest BCUT2D eigenvalue weighted by atomic mass is 9.84. The molecule has 4 nitrogen and oxygen atoms in total. The summed E-state index contributed by atoms with van der Waals surface area (Å²) in [5, 5.41) is 9.12. The van der Waals surface area contributed by atoms with Gasteiger partial charge < -0.3 is 10.6 Å². The van der Waals surface area contributed by atoms with E-state index in [-0.39, 0.29) is 18.0 Å². The molecule has 4 heteroatoms. The summed E-state index contributed by atoms with van der Waals surface area (Å²) in [6, 6.07) is 1.71. The molecular weight excluding hydrogens is 238 g/mol. The molecule has 1 aliphatic heterocycles. The summed E-state index contributed by atoms with van der Waals surface area (Å²) >= 11 is 0. The van der Waals surface area contributed by atoms with Gasteiger partial charge in [0.1, 0.15) is 6.04 Å². The minimum Gasteiger partial charge on any atom is -0.323 e. The summed E-state index contributed by atoms with van der Waals surface area (Å²) in [4.78, 5) is 14.2. The Morgan fingerprint density at radius 1 is 1.32 bits per heavy atom. The van der Waals surface area contributed by atoms with Crippen LogP contribution in [0.4, 0.5) is 0 Å². The smallest absolute Gasteiger partial charge is 0.240 e. The number of nitriles is 1. The van der Waals surface area contributed by atoms with Crippen LogP contribution >= 0.6 is 0 Å². The Hall–Kier alpha value is -1.08. The Kier molecular flexibility index (Phi) is 4.81. The van der Waals surface area contributed by atoms with Crippen LogP contribution < -0.4 is 5.73 Å². The van der Waals surface area contributed by atoms with E-state index in [0.29, 0.717) is 5.92 Å². The Morgan fingerprint density at radius 3 is 2.63 bits per heavy atom. The number of hydrogen-bond donors (Lipinski definition) is 1. The number of nitrogens with zero attached hydrogens (tertiary/aromatic N) is 2. The maximum Gasteiger partial charge on any atom is 0.240 e. The number of likely N-dealkylation sites (tertiary alicyclic amines) is 1. The number of hydrogen-bond acceptors (Lipinski definition) is 3. The monoisotopic (exact) mass is 263 g/mol. The van der Waals surface area contributed by atoms with Crippen LogP contribution in [-0.4, -0.2) is 28.9 Å². The van der Waals surface area contributed by atoms with Crippen LogP contribution in [0.2, 0.25) is 0 Å². The summed E-state index contributed by atoms with van der Waals surface area (Å²) in [5.41, 5.74) is 6.11. The first-order valence-electron chi connectivity index (χ1n) is 7.61. The molecule has 1 heterocycles. The highest BCUT2D eigenvalue weighted by atomic mass is 16.2. The van der Waals surface area contributed by atoms with Crippen molar-refractivity contribution in [1.29, 1.82) is 5.26 Å². The van der Waals surface area contributed by atoms with Gasteiger partial charge in [0.25, 0.3) is 0 Å². The summed E-state index contributed by atoms with van der Waals surface area (Å²) in [6.07, 6.45) is 8.77. The number of carbonyl (C=O) groups excluding carboxylic acids is 1. The fraction of sp³-hybridized carbons (Fsp3) is 0.867. The van der Waals surface area contributed by atoms with Gasteiger partial charge in [-0.15, -0.1) is 0 Å². The van der Waals surface area contributed by atoms with Gasteiger partial charge in [-0.05, 0) is 32.1 Å². The number of rotatable bonds is 3. The average Bonchev–Trinajstić information content (AvgIpc) is 2.80. The molecule has 1 saturated heterocycles. The first kappa shape index (κ1) is 14.3. The number of carbonyl (C=O) groups is 1. The second-order valence-electron chi connectivity index (χ2n) is 6.16. The predicted molar refractivity (Wildman–Crippen MR) is 74.1 cm³/mol. The van der Waals surface area contributed by atoms with E-state index < -0.39 is 6.04 Å². The summed E-state index contributed by atoms with van der Waals surface area (Å²) in [5.74, 6) is 0.591. The lowest BCUT2D eigenvalue weighted by molar-refractivity contribution is -0.134. The zero-order valence-corrected chi connectivity index (χ0v) is 11.8. The van der Waals surface area contributed by atoms with E-state index >= 15 is 0 Å². The van der Waals surface area contributed by atoms with E-state index in [4.69, 9.17) is 11.0 Å². The summed E-state index contributed by atoms with van der Waals surface area (Å²) in [6.45, 7) is 2.02. The molecule has 19 heavy (non-hydrogen) atoms. The Labute approximate surface area is 115 Å². The van der Waals surface area contributed by atoms with Crippen molar-refractivity contribution in [2.45, 2.75) is 76.4 Å². The standard InChI is InChI=1S/C15H25N3O/c1-11-7-8-13(10-16)18(11)15(19)14(17)9-12-5-3-2-4-6-12/h11-14H,2-9,17H2,1H3/t11?,13?,14-/m0/s1. The predicted octanol–water partition coefficient (Wildman–Crippen LogP) is 2.19. The summed E-state index contributed by atoms with van der Waals surface area (Å²) in [7, 11) is 0. The third-order valence-corrected chi connectivity index (χ3v) is 4.70. The highest BCUT2D eigenvalue weighted by Gasteiger charge is 2.37. The molecule has 2 unspecified atom stereocenters. The minimum absolute atomic E-state index is 0.0119. The zero-order chi connectivity index (χ0) is 13.8. The molecule has 1 saturated carbocycles. The third kappa shape index (κ3) is 3.27. The highest BCUT2D eigenvalue weighted by Crippen LogP contribution is 2.29. The van der Waals surface area contributed by atoms with E-state index in [1.54, 1.807) is 4.90 Å². The van der Waals surface area contributed by atoms with Gasteiger partial charge in [-0.25, -0.2) is 0 Å². The second-order valence-corrected chi connectivity index (χ2v) is 6.16. The normalized spacial score (nSPS) is 30.1. The van der Waals surface area contributed by atoms with Crippen molar-refractivity contribution >= 4 is 5.91 Å². The molecule has 2 rings (SSSR count). The molecule has 2 N–H and O–H groups in total.